The second-order valence-corrected chi connectivity index (χ2v) is 7.37. The molecule has 14 heteroatoms. The van der Waals surface area contributed by atoms with Crippen molar-refractivity contribution in [3.63, 3.8) is 0 Å². The summed E-state index contributed by atoms with van der Waals surface area (Å²) in [5, 5.41) is 38.7. The molecule has 3 aromatic rings. The van der Waals surface area contributed by atoms with E-state index in [4.69, 9.17) is 13.9 Å². The fraction of sp³-hybridized carbons (Fsp3) is 0.450. The Morgan fingerprint density at radius 3 is 2.74 bits per heavy atom. The normalized spacial score (nSPS) is 14.0. The second kappa shape index (κ2) is 11.0. The van der Waals surface area contributed by atoms with E-state index in [9.17, 15) is 29.7 Å². The number of H-pyrrole nitrogens is 1. The van der Waals surface area contributed by atoms with E-state index >= 15 is 0 Å². The maximum Gasteiger partial charge on any atom is 0.341 e. The van der Waals surface area contributed by atoms with Gasteiger partial charge in [-0.1, -0.05) is 5.21 Å². The van der Waals surface area contributed by atoms with Gasteiger partial charge in [-0.15, -0.1) is 5.10 Å². The Kier molecular flexibility index (Phi) is 8.12. The number of hydrogen-bond donors (Lipinski definition) is 4. The van der Waals surface area contributed by atoms with Crippen LogP contribution in [-0.2, 0) is 29.2 Å². The van der Waals surface area contributed by atoms with Gasteiger partial charge in [-0.05, 0) is 13.0 Å². The highest BCUT2D eigenvalue weighted by molar-refractivity contribution is 5.89. The molecule has 0 aromatic carbocycles. The van der Waals surface area contributed by atoms with Crippen LogP contribution in [0.3, 0.4) is 0 Å². The van der Waals surface area contributed by atoms with E-state index in [1.807, 2.05) is 0 Å². The molecule has 0 amide bonds. The van der Waals surface area contributed by atoms with E-state index in [0.29, 0.717) is 5.69 Å². The summed E-state index contributed by atoms with van der Waals surface area (Å²) >= 11 is 0. The van der Waals surface area contributed by atoms with Gasteiger partial charge in [0.25, 0.3) is 5.56 Å². The maximum absolute atomic E-state index is 12.0. The molecule has 0 saturated heterocycles. The minimum atomic E-state index is -1.67. The van der Waals surface area contributed by atoms with Gasteiger partial charge in [0.05, 0.1) is 43.6 Å². The van der Waals surface area contributed by atoms with Crippen molar-refractivity contribution in [2.45, 2.75) is 44.9 Å². The molecule has 184 valence electrons. The number of aromatic nitrogens is 5. The molecule has 0 aliphatic rings. The molecule has 0 aliphatic carbocycles. The number of carbonyl (C=O) groups excluding carboxylic acids is 1. The third kappa shape index (κ3) is 5.85. The van der Waals surface area contributed by atoms with Crippen molar-refractivity contribution in [2.24, 2.45) is 0 Å². The van der Waals surface area contributed by atoms with Crippen molar-refractivity contribution in [3.8, 4) is 0 Å². The number of methoxy groups -OCH3 is 1. The summed E-state index contributed by atoms with van der Waals surface area (Å²) in [4.78, 5) is 37.7. The molecule has 3 rings (SSSR count). The van der Waals surface area contributed by atoms with Gasteiger partial charge in [0.2, 0.25) is 0 Å². The number of rotatable bonds is 11. The number of aliphatic hydroxyl groups is 3. The molecular formula is C20H25N5O9. The summed E-state index contributed by atoms with van der Waals surface area (Å²) in [6, 6.07) is 1.21. The average Bonchev–Trinajstić information content (AvgIpc) is 3.46. The Morgan fingerprint density at radius 1 is 1.26 bits per heavy atom. The smallest absolute Gasteiger partial charge is 0.341 e. The van der Waals surface area contributed by atoms with Crippen LogP contribution in [-0.4, -0.2) is 71.8 Å². The summed E-state index contributed by atoms with van der Waals surface area (Å²) in [7, 11) is 1.42. The Hall–Kier alpha value is -3.59. The molecular weight excluding hydrogens is 454 g/mol. The van der Waals surface area contributed by atoms with Crippen molar-refractivity contribution < 1.29 is 34.0 Å². The second-order valence-electron chi connectivity index (χ2n) is 7.37. The van der Waals surface area contributed by atoms with Crippen LogP contribution in [0.5, 0.6) is 0 Å². The number of esters is 1. The zero-order valence-electron chi connectivity index (χ0n) is 18.4. The first-order chi connectivity index (χ1) is 16.2. The van der Waals surface area contributed by atoms with E-state index in [-0.39, 0.29) is 43.2 Å². The molecule has 3 aromatic heterocycles. The van der Waals surface area contributed by atoms with Crippen LogP contribution < -0.4 is 11.2 Å². The van der Waals surface area contributed by atoms with Crippen LogP contribution in [0.1, 0.15) is 40.4 Å². The predicted octanol–water partition coefficient (Wildman–Crippen LogP) is -1.45. The number of aromatic amines is 1. The van der Waals surface area contributed by atoms with Gasteiger partial charge >= 0.3 is 11.7 Å². The van der Waals surface area contributed by atoms with Crippen LogP contribution in [0.25, 0.3) is 0 Å². The molecule has 0 aliphatic heterocycles. The lowest BCUT2D eigenvalue weighted by Gasteiger charge is -2.21. The molecule has 0 radical (unpaired) electrons. The summed E-state index contributed by atoms with van der Waals surface area (Å²) in [6.45, 7) is 1.56. The van der Waals surface area contributed by atoms with Gasteiger partial charge in [-0.3, -0.25) is 14.3 Å². The van der Waals surface area contributed by atoms with Crippen molar-refractivity contribution >= 4 is 5.97 Å². The summed E-state index contributed by atoms with van der Waals surface area (Å²) in [6.07, 6.45) is -0.915. The monoisotopic (exact) mass is 479 g/mol. The molecule has 14 nitrogen and oxygen atoms in total. The minimum absolute atomic E-state index is 0.0172. The van der Waals surface area contributed by atoms with Crippen LogP contribution in [0.4, 0.5) is 0 Å². The maximum atomic E-state index is 12.0. The Balaban J connectivity index is 1.64. The number of carbonyl (C=O) groups is 1. The summed E-state index contributed by atoms with van der Waals surface area (Å²) in [5.41, 5.74) is -0.535. The zero-order chi connectivity index (χ0) is 24.8. The lowest BCUT2D eigenvalue weighted by atomic mass is 10.1. The molecule has 34 heavy (non-hydrogen) atoms. The van der Waals surface area contributed by atoms with Crippen LogP contribution in [0.2, 0.25) is 0 Å². The molecule has 0 spiro atoms. The quantitative estimate of drug-likeness (QED) is 0.235. The first-order valence-electron chi connectivity index (χ1n) is 10.2. The van der Waals surface area contributed by atoms with Crippen molar-refractivity contribution in [2.75, 3.05) is 13.7 Å². The zero-order valence-corrected chi connectivity index (χ0v) is 18.4. The lowest BCUT2D eigenvalue weighted by molar-refractivity contribution is -0.0739. The molecule has 4 N–H and O–H groups in total. The van der Waals surface area contributed by atoms with Gasteiger partial charge in [0, 0.05) is 13.3 Å². The molecule has 3 heterocycles. The summed E-state index contributed by atoms with van der Waals surface area (Å²) < 4.78 is 17.3. The Labute approximate surface area is 192 Å². The fourth-order valence-corrected chi connectivity index (χ4v) is 3.11. The number of aliphatic hydroxyl groups excluding tert-OH is 3. The van der Waals surface area contributed by atoms with E-state index in [2.05, 4.69) is 15.3 Å². The van der Waals surface area contributed by atoms with Gasteiger partial charge in [0.15, 0.2) is 0 Å². The van der Waals surface area contributed by atoms with Crippen molar-refractivity contribution in [1.29, 1.82) is 0 Å². The SMILES string of the molecule is CCOC(=O)c1coc([C@@H](O)[C@H](O)[C@H](O)Cn2cc(Cn3cc(COC)c(=O)[nH]c3=O)nn2)c1. The van der Waals surface area contributed by atoms with Crippen LogP contribution in [0.15, 0.2) is 38.7 Å². The first-order valence-corrected chi connectivity index (χ1v) is 10.2. The number of nitrogens with zero attached hydrogens (tertiary/aromatic N) is 4. The fourth-order valence-electron chi connectivity index (χ4n) is 3.11. The molecule has 0 unspecified atom stereocenters. The highest BCUT2D eigenvalue weighted by Crippen LogP contribution is 2.22. The largest absolute Gasteiger partial charge is 0.466 e. The highest BCUT2D eigenvalue weighted by Gasteiger charge is 2.30. The van der Waals surface area contributed by atoms with Gasteiger partial charge in [0.1, 0.15) is 36.0 Å². The number of hydrogen-bond acceptors (Lipinski definition) is 11. The predicted molar refractivity (Wildman–Crippen MR) is 113 cm³/mol. The molecule has 0 saturated carbocycles. The Morgan fingerprint density at radius 2 is 2.03 bits per heavy atom. The number of nitrogens with one attached hydrogen (secondary N) is 1. The van der Waals surface area contributed by atoms with E-state index < -0.39 is 35.5 Å². The van der Waals surface area contributed by atoms with E-state index in [1.165, 1.54) is 34.8 Å². The van der Waals surface area contributed by atoms with Crippen LogP contribution >= 0.6 is 0 Å². The highest BCUT2D eigenvalue weighted by atomic mass is 16.5. The van der Waals surface area contributed by atoms with Gasteiger partial charge in [-0.2, -0.15) is 0 Å². The van der Waals surface area contributed by atoms with Crippen LogP contribution in [0, 0.1) is 0 Å². The standard InChI is InChI=1S/C20H25N5O9/c1-3-33-19(30)11-4-15(34-10-11)17(28)16(27)14(26)8-25-7-13(22-23-25)6-24-5-12(9-32-2)18(29)21-20(24)31/h4-5,7,10,14,16-17,26-28H,3,6,8-9H2,1-2H3,(H,21,29,31)/t14-,16-,17-/m1/s1. The van der Waals surface area contributed by atoms with Gasteiger partial charge in [-0.25, -0.2) is 14.3 Å². The molecule has 0 fully saturated rings. The third-order valence-corrected chi connectivity index (χ3v) is 4.82. The number of ether oxygens (including phenoxy) is 2. The topological polar surface area (TPSA) is 195 Å². The first kappa shape index (κ1) is 25.0. The summed E-state index contributed by atoms with van der Waals surface area (Å²) in [5.74, 6) is -0.774. The number of furan rings is 1. The van der Waals surface area contributed by atoms with Crippen molar-refractivity contribution in [3.05, 3.63) is 68.1 Å². The molecule has 0 bridgehead atoms. The molecule has 3 atom stereocenters. The van der Waals surface area contributed by atoms with E-state index in [0.717, 1.165) is 6.26 Å². The Bertz CT molecular complexity index is 1230. The lowest BCUT2D eigenvalue weighted by Crippen LogP contribution is -2.35. The van der Waals surface area contributed by atoms with Gasteiger partial charge < -0.3 is 29.2 Å². The van der Waals surface area contributed by atoms with Crippen molar-refractivity contribution in [1.82, 2.24) is 24.5 Å². The minimum Gasteiger partial charge on any atom is -0.466 e. The average molecular weight is 479 g/mol. The van der Waals surface area contributed by atoms with E-state index in [1.54, 1.807) is 6.92 Å². The third-order valence-electron chi connectivity index (χ3n) is 4.82.